The minimum Gasteiger partial charge on any atom is -0.208 e. The normalized spacial score (nSPS) is 9.67. The van der Waals surface area contributed by atoms with E-state index in [1.54, 1.807) is 0 Å². The number of aryl methyl sites for hydroxylation is 2. The summed E-state index contributed by atoms with van der Waals surface area (Å²) in [4.78, 5) is 0. The fraction of sp³-hybridized carbons (Fsp3) is 0.125. The van der Waals surface area contributed by atoms with Crippen molar-refractivity contribution in [3.8, 4) is 0 Å². The third-order valence-corrected chi connectivity index (χ3v) is 2.69. The molecule has 0 aliphatic carbocycles. The highest BCUT2D eigenvalue weighted by Gasteiger charge is 1.94. The number of benzene rings is 1. The van der Waals surface area contributed by atoms with Crippen LogP contribution in [0.2, 0.25) is 0 Å². The molecule has 18 heavy (non-hydrogen) atoms. The summed E-state index contributed by atoms with van der Waals surface area (Å²) in [5, 5.41) is 2.59. The molecular formula is C16H18N2+2. The lowest BCUT2D eigenvalue weighted by Gasteiger charge is -1.92. The number of hydrogen-bond donors (Lipinski definition) is 0. The Morgan fingerprint density at radius 3 is 1.89 bits per heavy atom. The van der Waals surface area contributed by atoms with Crippen molar-refractivity contribution in [1.29, 1.82) is 0 Å². The van der Waals surface area contributed by atoms with Crippen LogP contribution in [0, 0.1) is 0 Å². The van der Waals surface area contributed by atoms with Gasteiger partial charge >= 0.3 is 0 Å². The van der Waals surface area contributed by atoms with Crippen molar-refractivity contribution in [2.75, 3.05) is 0 Å². The van der Waals surface area contributed by atoms with E-state index < -0.39 is 0 Å². The van der Waals surface area contributed by atoms with Gasteiger partial charge < -0.3 is 0 Å². The second-order valence-electron chi connectivity index (χ2n) is 4.28. The van der Waals surface area contributed by atoms with Gasteiger partial charge in [-0.05, 0) is 11.5 Å². The van der Waals surface area contributed by atoms with E-state index in [0.717, 1.165) is 0 Å². The highest BCUT2D eigenvalue weighted by Crippen LogP contribution is 2.08. The summed E-state index contributed by atoms with van der Waals surface area (Å²) in [5.41, 5.74) is 0. The average Bonchev–Trinajstić information content (AvgIpc) is 2.40. The van der Waals surface area contributed by atoms with Crippen LogP contribution in [-0.4, -0.2) is 0 Å². The molecule has 1 aromatic carbocycles. The number of nitrogens with zero attached hydrogens (tertiary/aromatic N) is 2. The Balaban J connectivity index is 0.000000149. The largest absolute Gasteiger partial charge is 0.208 e. The molecule has 0 radical (unpaired) electrons. The summed E-state index contributed by atoms with van der Waals surface area (Å²) >= 11 is 0. The minimum atomic E-state index is 1.29. The molecule has 2 aromatic heterocycles. The highest BCUT2D eigenvalue weighted by molar-refractivity contribution is 5.80. The van der Waals surface area contributed by atoms with Crippen molar-refractivity contribution in [3.05, 3.63) is 73.3 Å². The maximum atomic E-state index is 2.12. The zero-order valence-electron chi connectivity index (χ0n) is 10.8. The molecule has 0 spiro atoms. The minimum absolute atomic E-state index is 1.29. The van der Waals surface area contributed by atoms with Gasteiger partial charge in [0.25, 0.3) is 0 Å². The number of aromatic nitrogens is 2. The SMILES string of the molecule is C[n+]1ccc2ccccc2c1.C[n+]1ccccc1. The fourth-order valence-electron chi connectivity index (χ4n) is 1.73. The van der Waals surface area contributed by atoms with Crippen LogP contribution in [-0.2, 0) is 14.1 Å². The van der Waals surface area contributed by atoms with Crippen LogP contribution >= 0.6 is 0 Å². The van der Waals surface area contributed by atoms with Crippen LogP contribution in [0.1, 0.15) is 0 Å². The molecule has 0 bridgehead atoms. The van der Waals surface area contributed by atoms with Gasteiger partial charge in [-0.15, -0.1) is 0 Å². The van der Waals surface area contributed by atoms with E-state index in [9.17, 15) is 0 Å². The lowest BCUT2D eigenvalue weighted by Crippen LogP contribution is -2.25. The van der Waals surface area contributed by atoms with Crippen LogP contribution in [0.3, 0.4) is 0 Å². The molecule has 0 atom stereocenters. The summed E-state index contributed by atoms with van der Waals surface area (Å²) in [6, 6.07) is 16.5. The van der Waals surface area contributed by atoms with Gasteiger partial charge in [0.1, 0.15) is 14.1 Å². The van der Waals surface area contributed by atoms with Gasteiger partial charge in [-0.2, -0.15) is 0 Å². The number of rotatable bonds is 0. The van der Waals surface area contributed by atoms with Crippen molar-refractivity contribution in [3.63, 3.8) is 0 Å². The molecule has 0 fully saturated rings. The average molecular weight is 238 g/mol. The topological polar surface area (TPSA) is 7.76 Å². The molecule has 0 aliphatic rings. The zero-order chi connectivity index (χ0) is 12.8. The molecule has 0 unspecified atom stereocenters. The van der Waals surface area contributed by atoms with Crippen molar-refractivity contribution < 1.29 is 9.13 Å². The third kappa shape index (κ3) is 3.39. The van der Waals surface area contributed by atoms with Gasteiger partial charge in [0.05, 0.1) is 0 Å². The quantitative estimate of drug-likeness (QED) is 0.530. The maximum absolute atomic E-state index is 2.12. The van der Waals surface area contributed by atoms with E-state index in [1.807, 2.05) is 49.3 Å². The molecule has 2 heterocycles. The monoisotopic (exact) mass is 238 g/mol. The highest BCUT2D eigenvalue weighted by atomic mass is 14.9. The first-order chi connectivity index (χ1) is 8.75. The van der Waals surface area contributed by atoms with Crippen LogP contribution in [0.5, 0.6) is 0 Å². The first kappa shape index (κ1) is 12.2. The second kappa shape index (κ2) is 5.92. The summed E-state index contributed by atoms with van der Waals surface area (Å²) in [6.07, 6.45) is 8.18. The van der Waals surface area contributed by atoms with E-state index in [-0.39, 0.29) is 0 Å². The van der Waals surface area contributed by atoms with E-state index in [4.69, 9.17) is 0 Å². The molecule has 0 saturated heterocycles. The summed E-state index contributed by atoms with van der Waals surface area (Å²) in [5.74, 6) is 0. The predicted octanol–water partition coefficient (Wildman–Crippen LogP) is 2.18. The second-order valence-corrected chi connectivity index (χ2v) is 4.28. The van der Waals surface area contributed by atoms with Gasteiger partial charge in [0.15, 0.2) is 24.8 Å². The molecule has 2 nitrogen and oxygen atoms in total. The molecule has 0 N–H and O–H groups in total. The van der Waals surface area contributed by atoms with Crippen molar-refractivity contribution in [2.24, 2.45) is 14.1 Å². The Morgan fingerprint density at radius 1 is 0.611 bits per heavy atom. The number of hydrogen-bond acceptors (Lipinski definition) is 0. The van der Waals surface area contributed by atoms with Crippen molar-refractivity contribution in [2.45, 2.75) is 0 Å². The van der Waals surface area contributed by atoms with Crippen LogP contribution < -0.4 is 9.13 Å². The summed E-state index contributed by atoms with van der Waals surface area (Å²) in [6.45, 7) is 0. The Bertz CT molecular complexity index is 618. The first-order valence-corrected chi connectivity index (χ1v) is 6.00. The van der Waals surface area contributed by atoms with E-state index >= 15 is 0 Å². The summed E-state index contributed by atoms with van der Waals surface area (Å²) in [7, 11) is 4.03. The maximum Gasteiger partial charge on any atom is 0.176 e. The van der Waals surface area contributed by atoms with Gasteiger partial charge in [-0.1, -0.05) is 24.3 Å². The van der Waals surface area contributed by atoms with Crippen LogP contribution in [0.25, 0.3) is 10.8 Å². The molecule has 3 aromatic rings. The van der Waals surface area contributed by atoms with Gasteiger partial charge in [0, 0.05) is 23.6 Å². The molecular weight excluding hydrogens is 220 g/mol. The van der Waals surface area contributed by atoms with E-state index in [2.05, 4.69) is 47.3 Å². The van der Waals surface area contributed by atoms with Gasteiger partial charge in [-0.3, -0.25) is 0 Å². The van der Waals surface area contributed by atoms with Gasteiger partial charge in [-0.25, -0.2) is 9.13 Å². The fourth-order valence-corrected chi connectivity index (χ4v) is 1.73. The lowest BCUT2D eigenvalue weighted by molar-refractivity contribution is -0.671. The van der Waals surface area contributed by atoms with E-state index in [1.165, 1.54) is 10.8 Å². The molecule has 3 rings (SSSR count). The molecule has 2 heteroatoms. The Labute approximate surface area is 108 Å². The Morgan fingerprint density at radius 2 is 1.28 bits per heavy atom. The lowest BCUT2D eigenvalue weighted by atomic mass is 10.2. The van der Waals surface area contributed by atoms with Crippen molar-refractivity contribution in [1.82, 2.24) is 0 Å². The standard InChI is InChI=1S/C10H10N.C6H8N/c1-11-7-6-9-4-2-3-5-10(9)8-11;1-7-5-3-2-4-6-7/h2-8H,1H3;2-6H,1H3/q2*+1. The summed E-state index contributed by atoms with van der Waals surface area (Å²) < 4.78 is 4.06. The Kier molecular flexibility index (Phi) is 4.02. The number of pyridine rings is 2. The number of fused-ring (bicyclic) bond motifs is 1. The third-order valence-electron chi connectivity index (χ3n) is 2.69. The van der Waals surface area contributed by atoms with E-state index in [0.29, 0.717) is 0 Å². The molecule has 0 amide bonds. The van der Waals surface area contributed by atoms with Crippen LogP contribution in [0.4, 0.5) is 0 Å². The Hall–Kier alpha value is -2.22. The zero-order valence-corrected chi connectivity index (χ0v) is 10.8. The smallest absolute Gasteiger partial charge is 0.176 e. The predicted molar refractivity (Wildman–Crippen MR) is 72.7 cm³/mol. The first-order valence-electron chi connectivity index (χ1n) is 6.00. The molecule has 0 aliphatic heterocycles. The molecule has 90 valence electrons. The molecule has 0 saturated carbocycles. The van der Waals surface area contributed by atoms with Crippen molar-refractivity contribution >= 4 is 10.8 Å². The van der Waals surface area contributed by atoms with Crippen LogP contribution in [0.15, 0.2) is 73.3 Å². The van der Waals surface area contributed by atoms with Gasteiger partial charge in [0.2, 0.25) is 0 Å².